The van der Waals surface area contributed by atoms with Gasteiger partial charge in [-0.3, -0.25) is 15.0 Å². The van der Waals surface area contributed by atoms with Crippen molar-refractivity contribution in [2.24, 2.45) is 0 Å². The van der Waals surface area contributed by atoms with Crippen molar-refractivity contribution in [2.75, 3.05) is 0 Å². The zero-order valence-corrected chi connectivity index (χ0v) is 58.2. The molecule has 23 rings (SSSR count). The van der Waals surface area contributed by atoms with Crippen molar-refractivity contribution in [3.8, 4) is 72.7 Å². The normalized spacial score (nSPS) is 11.7. The van der Waals surface area contributed by atoms with Crippen LogP contribution in [0.25, 0.3) is 204 Å². The van der Waals surface area contributed by atoms with Gasteiger partial charge in [0.25, 0.3) is 0 Å². The summed E-state index contributed by atoms with van der Waals surface area (Å²) in [4.78, 5) is 13.7. The second kappa shape index (κ2) is 25.6. The molecular formula is C99H62N6O3. The van der Waals surface area contributed by atoms with Crippen LogP contribution in [0.15, 0.2) is 390 Å². The van der Waals surface area contributed by atoms with E-state index in [1.54, 1.807) is 0 Å². The van der Waals surface area contributed by atoms with Gasteiger partial charge in [-0.2, -0.15) is 0 Å². The Balaban J connectivity index is 0.000000104. The van der Waals surface area contributed by atoms with Crippen LogP contribution in [0.5, 0.6) is 0 Å². The largest absolute Gasteiger partial charge is 0.454 e. The molecule has 9 aromatic heterocycles. The first kappa shape index (κ1) is 61.9. The molecule has 0 spiro atoms. The van der Waals surface area contributed by atoms with E-state index in [1.807, 2.05) is 79.3 Å². The van der Waals surface area contributed by atoms with Gasteiger partial charge in [0.1, 0.15) is 33.3 Å². The third kappa shape index (κ3) is 10.4. The first-order valence-corrected chi connectivity index (χ1v) is 36.3. The molecule has 0 saturated carbocycles. The zero-order chi connectivity index (χ0) is 71.2. The predicted molar refractivity (Wildman–Crippen MR) is 445 cm³/mol. The molecule has 0 saturated heterocycles. The molecule has 9 nitrogen and oxygen atoms in total. The Morgan fingerprint density at radius 2 is 0.574 bits per heavy atom. The van der Waals surface area contributed by atoms with Crippen LogP contribution >= 0.6 is 0 Å². The van der Waals surface area contributed by atoms with Crippen molar-refractivity contribution in [2.45, 2.75) is 0 Å². The Morgan fingerprint density at radius 3 is 1.10 bits per heavy atom. The van der Waals surface area contributed by atoms with Gasteiger partial charge >= 0.3 is 0 Å². The van der Waals surface area contributed by atoms with Crippen molar-refractivity contribution in [1.82, 2.24) is 28.7 Å². The van der Waals surface area contributed by atoms with E-state index in [4.69, 9.17) is 13.3 Å². The van der Waals surface area contributed by atoms with Gasteiger partial charge in [-0.1, -0.05) is 212 Å². The van der Waals surface area contributed by atoms with E-state index < -0.39 is 0 Å². The molecule has 14 aromatic carbocycles. The number of hydrogen-bond acceptors (Lipinski definition) is 6. The number of para-hydroxylation sites is 8. The summed E-state index contributed by atoms with van der Waals surface area (Å²) in [6.07, 6.45) is 5.49. The SMILES string of the molecule is c1cc(-c2ccc3oc4cccnc4c3c2)cc(-c2ccccc2-n2c3ccccc3c3ccccc32)c1.c1cc(-c2cccc(-n3c4ccccc4c4ccccc43)c2)cc(-c2ccc3oc4cccnc4c3c2)c1.c1ccc2c(c1)oc1c(-c3ccc(-n4c5ccccc5c5ccccc54)cc3)ccnc12. The summed E-state index contributed by atoms with van der Waals surface area (Å²) in [5.74, 6) is 0. The molecule has 0 aliphatic heterocycles. The van der Waals surface area contributed by atoms with E-state index in [1.165, 1.54) is 93.4 Å². The molecule has 0 atom stereocenters. The van der Waals surface area contributed by atoms with E-state index in [0.717, 1.165) is 111 Å². The molecular weight excluding hydrogens is 1320 g/mol. The number of rotatable bonds is 8. The minimum atomic E-state index is 0.813. The zero-order valence-electron chi connectivity index (χ0n) is 58.2. The Bertz CT molecular complexity index is 7310. The maximum absolute atomic E-state index is 6.19. The number of hydrogen-bond donors (Lipinski definition) is 0. The van der Waals surface area contributed by atoms with Crippen molar-refractivity contribution in [1.29, 1.82) is 0 Å². The number of fused-ring (bicyclic) bond motifs is 18. The predicted octanol–water partition coefficient (Wildman–Crippen LogP) is 26.6. The minimum absolute atomic E-state index is 0.813. The lowest BCUT2D eigenvalue weighted by molar-refractivity contribution is 0.668. The van der Waals surface area contributed by atoms with E-state index in [-0.39, 0.29) is 0 Å². The summed E-state index contributed by atoms with van der Waals surface area (Å²) in [5.41, 5.74) is 30.0. The van der Waals surface area contributed by atoms with Crippen LogP contribution in [0.4, 0.5) is 0 Å². The van der Waals surface area contributed by atoms with Crippen LogP contribution in [-0.2, 0) is 0 Å². The number of benzene rings is 14. The first-order chi connectivity index (χ1) is 53.6. The molecule has 0 radical (unpaired) electrons. The summed E-state index contributed by atoms with van der Waals surface area (Å²) in [5, 5.41) is 10.7. The second-order valence-electron chi connectivity index (χ2n) is 27.3. The highest BCUT2D eigenvalue weighted by molar-refractivity contribution is 6.13. The average molecular weight is 1380 g/mol. The Kier molecular flexibility index (Phi) is 14.7. The van der Waals surface area contributed by atoms with Crippen LogP contribution in [0.3, 0.4) is 0 Å². The second-order valence-corrected chi connectivity index (χ2v) is 27.3. The van der Waals surface area contributed by atoms with Crippen LogP contribution in [-0.4, -0.2) is 28.7 Å². The molecule has 23 aromatic rings. The smallest absolute Gasteiger partial charge is 0.161 e. The lowest BCUT2D eigenvalue weighted by Crippen LogP contribution is -1.97. The topological polar surface area (TPSA) is 92.9 Å². The van der Waals surface area contributed by atoms with Crippen LogP contribution in [0.1, 0.15) is 0 Å². The van der Waals surface area contributed by atoms with Crippen molar-refractivity contribution in [3.05, 3.63) is 377 Å². The Morgan fingerprint density at radius 1 is 0.194 bits per heavy atom. The molecule has 0 N–H and O–H groups in total. The maximum Gasteiger partial charge on any atom is 0.161 e. The van der Waals surface area contributed by atoms with Gasteiger partial charge in [0.15, 0.2) is 16.7 Å². The molecule has 0 bridgehead atoms. The highest BCUT2D eigenvalue weighted by Crippen LogP contribution is 2.42. The number of nitrogens with zero attached hydrogens (tertiary/aromatic N) is 6. The molecule has 0 amide bonds. The van der Waals surface area contributed by atoms with E-state index >= 15 is 0 Å². The van der Waals surface area contributed by atoms with E-state index in [9.17, 15) is 0 Å². The van der Waals surface area contributed by atoms with Gasteiger partial charge in [0, 0.05) is 89.6 Å². The molecule has 506 valence electrons. The highest BCUT2D eigenvalue weighted by atomic mass is 16.3. The van der Waals surface area contributed by atoms with Gasteiger partial charge in [0.2, 0.25) is 0 Å². The first-order valence-electron chi connectivity index (χ1n) is 36.3. The molecule has 108 heavy (non-hydrogen) atoms. The van der Waals surface area contributed by atoms with Gasteiger partial charge in [-0.15, -0.1) is 0 Å². The van der Waals surface area contributed by atoms with Gasteiger partial charge in [-0.05, 0) is 190 Å². The third-order valence-corrected chi connectivity index (χ3v) is 21.2. The molecule has 9 heterocycles. The van der Waals surface area contributed by atoms with E-state index in [0.29, 0.717) is 0 Å². The maximum atomic E-state index is 6.19. The monoisotopic (exact) mass is 1380 g/mol. The quantitative estimate of drug-likeness (QED) is 0.150. The lowest BCUT2D eigenvalue weighted by atomic mass is 9.97. The van der Waals surface area contributed by atoms with Crippen LogP contribution in [0.2, 0.25) is 0 Å². The van der Waals surface area contributed by atoms with Crippen LogP contribution in [0, 0.1) is 0 Å². The van der Waals surface area contributed by atoms with Gasteiger partial charge < -0.3 is 27.0 Å². The van der Waals surface area contributed by atoms with Crippen molar-refractivity contribution in [3.63, 3.8) is 0 Å². The van der Waals surface area contributed by atoms with Crippen molar-refractivity contribution >= 4 is 132 Å². The molecule has 0 aliphatic rings. The molecule has 0 fully saturated rings. The van der Waals surface area contributed by atoms with Gasteiger partial charge in [0.05, 0.1) is 38.8 Å². The standard InChI is InChI=1S/2C35H22N2O.C29H18N2O/c1-4-14-30(37-31-15-5-2-12-27(31)28-13-3-6-16-32(28)37)26(11-1)25-10-7-9-23(21-25)24-18-19-33-29(22-24)35-34(38-33)17-8-20-36-35;1-3-14-31-28(12-1)29-13-2-4-15-32(29)37(31)27-11-6-10-25(21-27)23-8-5-9-24(20-23)26-17-18-33-30(22-26)35-34(38-33)16-7-19-36-35;1-4-10-25-22(7-1)23-8-2-5-11-26(23)31(25)20-15-13-19(14-16-20)21-17-18-30-28-24-9-3-6-12-27(24)32-29(21)28/h2*1-22H;1-18H. The van der Waals surface area contributed by atoms with E-state index in [2.05, 4.69) is 326 Å². The third-order valence-electron chi connectivity index (χ3n) is 21.2. The molecule has 0 aliphatic carbocycles. The Hall–Kier alpha value is -14.7. The molecule has 0 unspecified atom stereocenters. The van der Waals surface area contributed by atoms with Crippen molar-refractivity contribution < 1.29 is 13.3 Å². The summed E-state index contributed by atoms with van der Waals surface area (Å²) in [6.45, 7) is 0. The average Bonchev–Trinajstić information content (AvgIpc) is 1.60. The fraction of sp³-hybridized carbons (Fsp3) is 0. The van der Waals surface area contributed by atoms with Gasteiger partial charge in [-0.25, -0.2) is 0 Å². The fourth-order valence-electron chi connectivity index (χ4n) is 16.2. The minimum Gasteiger partial charge on any atom is -0.454 e. The fourth-order valence-corrected chi connectivity index (χ4v) is 16.2. The number of furan rings is 3. The number of pyridine rings is 3. The Labute approximate surface area is 618 Å². The number of aromatic nitrogens is 6. The summed E-state index contributed by atoms with van der Waals surface area (Å²) in [6, 6.07) is 126. The summed E-state index contributed by atoms with van der Waals surface area (Å²) < 4.78 is 25.3. The van der Waals surface area contributed by atoms with Crippen LogP contribution < -0.4 is 0 Å². The summed E-state index contributed by atoms with van der Waals surface area (Å²) in [7, 11) is 0. The molecule has 9 heteroatoms. The highest BCUT2D eigenvalue weighted by Gasteiger charge is 2.20. The lowest BCUT2D eigenvalue weighted by Gasteiger charge is -2.15. The summed E-state index contributed by atoms with van der Waals surface area (Å²) >= 11 is 0.